The molecular weight excluding hydrogens is 339 g/mol. The third kappa shape index (κ3) is 2.80. The summed E-state index contributed by atoms with van der Waals surface area (Å²) in [5, 5.41) is 4.17. The SMILES string of the molecule is CNCC1CCCc2sc(-c3cc(F)cc(Br)c3)nc21. The summed E-state index contributed by atoms with van der Waals surface area (Å²) in [6.45, 7) is 0.961. The molecule has 1 N–H and O–H groups in total. The average Bonchev–Trinajstić information content (AvgIpc) is 2.83. The summed E-state index contributed by atoms with van der Waals surface area (Å²) in [7, 11) is 1.98. The van der Waals surface area contributed by atoms with Gasteiger partial charge in [0.15, 0.2) is 0 Å². The van der Waals surface area contributed by atoms with Crippen LogP contribution >= 0.6 is 27.3 Å². The standard InChI is InChI=1S/C15H16BrFN2S/c1-18-8-9-3-2-4-13-14(9)19-15(20-13)10-5-11(16)7-12(17)6-10/h5-7,9,18H,2-4,8H2,1H3. The van der Waals surface area contributed by atoms with Crippen LogP contribution in [0.4, 0.5) is 4.39 Å². The van der Waals surface area contributed by atoms with Gasteiger partial charge in [0.1, 0.15) is 10.8 Å². The number of hydrogen-bond acceptors (Lipinski definition) is 3. The lowest BCUT2D eigenvalue weighted by Crippen LogP contribution is -2.20. The molecule has 1 aliphatic rings. The highest BCUT2D eigenvalue weighted by Gasteiger charge is 2.24. The van der Waals surface area contributed by atoms with E-state index in [1.807, 2.05) is 13.1 Å². The maximum Gasteiger partial charge on any atom is 0.125 e. The summed E-state index contributed by atoms with van der Waals surface area (Å²) in [6.07, 6.45) is 3.50. The van der Waals surface area contributed by atoms with E-state index in [1.54, 1.807) is 17.4 Å². The van der Waals surface area contributed by atoms with E-state index in [-0.39, 0.29) is 5.82 Å². The van der Waals surface area contributed by atoms with Gasteiger partial charge >= 0.3 is 0 Å². The molecule has 1 aliphatic carbocycles. The Balaban J connectivity index is 2.00. The zero-order valence-corrected chi connectivity index (χ0v) is 13.7. The van der Waals surface area contributed by atoms with Crippen LogP contribution in [0.2, 0.25) is 0 Å². The Bertz CT molecular complexity index is 606. The van der Waals surface area contributed by atoms with Crippen LogP contribution in [-0.4, -0.2) is 18.6 Å². The van der Waals surface area contributed by atoms with Crippen LogP contribution in [0.15, 0.2) is 22.7 Å². The molecule has 1 aromatic heterocycles. The Morgan fingerprint density at radius 2 is 2.30 bits per heavy atom. The predicted molar refractivity (Wildman–Crippen MR) is 84.8 cm³/mol. The molecule has 3 rings (SSSR count). The van der Waals surface area contributed by atoms with Crippen molar-refractivity contribution in [3.63, 3.8) is 0 Å². The number of likely N-dealkylation sites (N-methyl/N-ethyl adjacent to an activating group) is 1. The van der Waals surface area contributed by atoms with E-state index in [1.165, 1.54) is 29.5 Å². The Hall–Kier alpha value is -0.780. The highest BCUT2D eigenvalue weighted by atomic mass is 79.9. The van der Waals surface area contributed by atoms with Crippen molar-refractivity contribution < 1.29 is 4.39 Å². The van der Waals surface area contributed by atoms with Gasteiger partial charge in [0.2, 0.25) is 0 Å². The monoisotopic (exact) mass is 354 g/mol. The fraction of sp³-hybridized carbons (Fsp3) is 0.400. The van der Waals surface area contributed by atoms with Crippen LogP contribution in [0.1, 0.15) is 29.3 Å². The van der Waals surface area contributed by atoms with Gasteiger partial charge in [-0.25, -0.2) is 9.37 Å². The van der Waals surface area contributed by atoms with E-state index in [0.717, 1.165) is 28.0 Å². The fourth-order valence-corrected chi connectivity index (χ4v) is 4.39. The molecule has 106 valence electrons. The van der Waals surface area contributed by atoms with E-state index < -0.39 is 0 Å². The summed E-state index contributed by atoms with van der Waals surface area (Å²) >= 11 is 5.05. The molecule has 1 heterocycles. The highest BCUT2D eigenvalue weighted by Crippen LogP contribution is 2.38. The normalized spacial score (nSPS) is 18.1. The number of benzene rings is 1. The van der Waals surface area contributed by atoms with E-state index in [2.05, 4.69) is 21.2 Å². The minimum atomic E-state index is -0.227. The Kier molecular flexibility index (Phi) is 4.19. The van der Waals surface area contributed by atoms with Crippen LogP contribution in [0.3, 0.4) is 0 Å². The molecule has 0 bridgehead atoms. The molecular formula is C15H16BrFN2S. The molecule has 2 nitrogen and oxygen atoms in total. The van der Waals surface area contributed by atoms with Crippen molar-refractivity contribution in [2.24, 2.45) is 0 Å². The molecule has 2 aromatic rings. The smallest absolute Gasteiger partial charge is 0.125 e. The number of aryl methyl sites for hydroxylation is 1. The van der Waals surface area contributed by atoms with Crippen molar-refractivity contribution in [2.75, 3.05) is 13.6 Å². The van der Waals surface area contributed by atoms with Gasteiger partial charge in [-0.1, -0.05) is 15.9 Å². The molecule has 0 spiro atoms. The van der Waals surface area contributed by atoms with Crippen molar-refractivity contribution >= 4 is 27.3 Å². The molecule has 0 saturated heterocycles. The van der Waals surface area contributed by atoms with Gasteiger partial charge in [0.05, 0.1) is 5.69 Å². The van der Waals surface area contributed by atoms with E-state index in [0.29, 0.717) is 5.92 Å². The molecule has 0 aliphatic heterocycles. The first-order valence-electron chi connectivity index (χ1n) is 6.78. The zero-order valence-electron chi connectivity index (χ0n) is 11.2. The maximum absolute atomic E-state index is 13.5. The quantitative estimate of drug-likeness (QED) is 0.885. The number of nitrogens with zero attached hydrogens (tertiary/aromatic N) is 1. The van der Waals surface area contributed by atoms with Gasteiger partial charge in [0.25, 0.3) is 0 Å². The fourth-order valence-electron chi connectivity index (χ4n) is 2.75. The molecule has 0 amide bonds. The van der Waals surface area contributed by atoms with Crippen LogP contribution < -0.4 is 5.32 Å². The Morgan fingerprint density at radius 3 is 3.05 bits per heavy atom. The van der Waals surface area contributed by atoms with E-state index in [9.17, 15) is 4.39 Å². The largest absolute Gasteiger partial charge is 0.319 e. The van der Waals surface area contributed by atoms with Crippen LogP contribution in [0, 0.1) is 5.82 Å². The first-order valence-corrected chi connectivity index (χ1v) is 8.39. The van der Waals surface area contributed by atoms with Gasteiger partial charge in [0, 0.05) is 27.4 Å². The lowest BCUT2D eigenvalue weighted by Gasteiger charge is -2.20. The molecule has 1 aromatic carbocycles. The lowest BCUT2D eigenvalue weighted by molar-refractivity contribution is 0.523. The Morgan fingerprint density at radius 1 is 1.45 bits per heavy atom. The van der Waals surface area contributed by atoms with Gasteiger partial charge in [-0.3, -0.25) is 0 Å². The molecule has 0 saturated carbocycles. The number of hydrogen-bond donors (Lipinski definition) is 1. The van der Waals surface area contributed by atoms with Crippen LogP contribution in [0.25, 0.3) is 10.6 Å². The molecule has 1 atom stereocenters. The van der Waals surface area contributed by atoms with Crippen LogP contribution in [-0.2, 0) is 6.42 Å². The van der Waals surface area contributed by atoms with Crippen LogP contribution in [0.5, 0.6) is 0 Å². The third-order valence-electron chi connectivity index (χ3n) is 3.63. The molecule has 0 fully saturated rings. The molecule has 0 radical (unpaired) electrons. The second-order valence-electron chi connectivity index (χ2n) is 5.13. The number of thiazole rings is 1. The summed E-state index contributed by atoms with van der Waals surface area (Å²) in [5.74, 6) is 0.264. The first-order chi connectivity index (χ1) is 9.67. The molecule has 1 unspecified atom stereocenters. The average molecular weight is 355 g/mol. The van der Waals surface area contributed by atoms with Gasteiger partial charge < -0.3 is 5.32 Å². The van der Waals surface area contributed by atoms with E-state index >= 15 is 0 Å². The topological polar surface area (TPSA) is 24.9 Å². The van der Waals surface area contributed by atoms with Crippen molar-refractivity contribution in [1.82, 2.24) is 10.3 Å². The van der Waals surface area contributed by atoms with Crippen molar-refractivity contribution in [1.29, 1.82) is 0 Å². The first kappa shape index (κ1) is 14.2. The predicted octanol–water partition coefficient (Wildman–Crippen LogP) is 4.35. The molecule has 20 heavy (non-hydrogen) atoms. The zero-order chi connectivity index (χ0) is 14.1. The number of halogens is 2. The molecule has 5 heteroatoms. The minimum absolute atomic E-state index is 0.227. The number of fused-ring (bicyclic) bond motifs is 1. The summed E-state index contributed by atoms with van der Waals surface area (Å²) in [6, 6.07) is 4.96. The summed E-state index contributed by atoms with van der Waals surface area (Å²) in [5.41, 5.74) is 2.07. The van der Waals surface area contributed by atoms with Crippen molar-refractivity contribution in [2.45, 2.75) is 25.2 Å². The van der Waals surface area contributed by atoms with Crippen molar-refractivity contribution in [3.05, 3.63) is 39.1 Å². The maximum atomic E-state index is 13.5. The van der Waals surface area contributed by atoms with Gasteiger partial charge in [-0.2, -0.15) is 0 Å². The summed E-state index contributed by atoms with van der Waals surface area (Å²) in [4.78, 5) is 6.16. The second-order valence-corrected chi connectivity index (χ2v) is 7.13. The van der Waals surface area contributed by atoms with Gasteiger partial charge in [-0.15, -0.1) is 11.3 Å². The third-order valence-corrected chi connectivity index (χ3v) is 5.27. The van der Waals surface area contributed by atoms with Gasteiger partial charge in [-0.05, 0) is 44.5 Å². The highest BCUT2D eigenvalue weighted by molar-refractivity contribution is 9.10. The summed E-state index contributed by atoms with van der Waals surface area (Å²) < 4.78 is 14.3. The number of rotatable bonds is 3. The van der Waals surface area contributed by atoms with E-state index in [4.69, 9.17) is 4.98 Å². The Labute approximate surface area is 130 Å². The number of nitrogens with one attached hydrogen (secondary N) is 1. The number of aromatic nitrogens is 1. The minimum Gasteiger partial charge on any atom is -0.319 e. The lowest BCUT2D eigenvalue weighted by atomic mass is 9.91. The second kappa shape index (κ2) is 5.92. The van der Waals surface area contributed by atoms with Crippen molar-refractivity contribution in [3.8, 4) is 10.6 Å².